The third kappa shape index (κ3) is 5.10. The van der Waals surface area contributed by atoms with Gasteiger partial charge in [-0.3, -0.25) is 9.80 Å². The first-order valence-corrected chi connectivity index (χ1v) is 15.9. The number of phenols is 1. The van der Waals surface area contributed by atoms with E-state index in [1.807, 2.05) is 18.2 Å². The number of likely N-dealkylation sites (N-methyl/N-ethyl adjacent to an activating group) is 2. The lowest BCUT2D eigenvalue weighted by Gasteiger charge is -2.37. The normalized spacial score (nSPS) is 19.1. The molecule has 8 heteroatoms. The number of fused-ring (bicyclic) bond motifs is 6. The van der Waals surface area contributed by atoms with Crippen LogP contribution in [0.2, 0.25) is 0 Å². The topological polar surface area (TPSA) is 72.9 Å². The lowest BCUT2D eigenvalue weighted by atomic mass is 9.86. The molecule has 0 fully saturated rings. The highest BCUT2D eigenvalue weighted by atomic mass is 16.5. The maximum Gasteiger partial charge on any atom is 0.204 e. The van der Waals surface area contributed by atoms with Gasteiger partial charge in [0, 0.05) is 41.9 Å². The predicted molar refractivity (Wildman–Crippen MR) is 178 cm³/mol. The summed E-state index contributed by atoms with van der Waals surface area (Å²) in [7, 11) is 11.0. The monoisotopic (exact) mass is 622 g/mol. The van der Waals surface area contributed by atoms with Gasteiger partial charge in [-0.1, -0.05) is 12.1 Å². The fourth-order valence-electron chi connectivity index (χ4n) is 7.55. The summed E-state index contributed by atoms with van der Waals surface area (Å²) in [5.41, 5.74) is 8.59. The molecular weight excluding hydrogens is 580 g/mol. The van der Waals surface area contributed by atoms with E-state index in [0.717, 1.165) is 65.9 Å². The van der Waals surface area contributed by atoms with Crippen molar-refractivity contribution in [3.05, 3.63) is 88.0 Å². The Morgan fingerprint density at radius 1 is 0.674 bits per heavy atom. The summed E-state index contributed by atoms with van der Waals surface area (Å²) in [4.78, 5) is 4.77. The molecule has 0 unspecified atom stereocenters. The Labute approximate surface area is 271 Å². The van der Waals surface area contributed by atoms with Crippen molar-refractivity contribution in [3.8, 4) is 51.4 Å². The predicted octanol–water partition coefficient (Wildman–Crippen LogP) is 6.74. The van der Waals surface area contributed by atoms with Crippen molar-refractivity contribution in [1.29, 1.82) is 0 Å². The minimum Gasteiger partial charge on any atom is -0.507 e. The van der Waals surface area contributed by atoms with Gasteiger partial charge in [0.1, 0.15) is 11.5 Å². The van der Waals surface area contributed by atoms with Crippen LogP contribution in [0, 0.1) is 0 Å². The molecular formula is C38H42N2O6. The van der Waals surface area contributed by atoms with E-state index in [1.165, 1.54) is 16.7 Å². The zero-order chi connectivity index (χ0) is 32.1. The van der Waals surface area contributed by atoms with Crippen LogP contribution < -0.4 is 23.7 Å². The van der Waals surface area contributed by atoms with Gasteiger partial charge in [-0.25, -0.2) is 0 Å². The highest BCUT2D eigenvalue weighted by Gasteiger charge is 2.35. The molecule has 1 N–H and O–H groups in total. The van der Waals surface area contributed by atoms with Gasteiger partial charge in [-0.15, -0.1) is 0 Å². The van der Waals surface area contributed by atoms with Crippen LogP contribution in [-0.4, -0.2) is 70.5 Å². The molecule has 2 atom stereocenters. The van der Waals surface area contributed by atoms with Crippen molar-refractivity contribution >= 4 is 0 Å². The Morgan fingerprint density at radius 3 is 2.02 bits per heavy atom. The van der Waals surface area contributed by atoms with Crippen LogP contribution in [0.5, 0.6) is 40.2 Å². The number of nitrogens with zero attached hydrogens (tertiary/aromatic N) is 2. The molecule has 3 aliphatic rings. The SMILES string of the molecule is COc1cc2c3cc1Oc1c(OC)c(OC)cc4c1[C@H](Cc1ccc(OC)c(c1)-c1cc(ccc1O)C[C@H]3N(C)CC2)N(C)CC4. The molecule has 0 spiro atoms. The third-order valence-electron chi connectivity index (χ3n) is 10.1. The van der Waals surface area contributed by atoms with Crippen molar-refractivity contribution in [3.63, 3.8) is 0 Å². The largest absolute Gasteiger partial charge is 0.507 e. The van der Waals surface area contributed by atoms with Gasteiger partial charge >= 0.3 is 0 Å². The average Bonchev–Trinajstić information content (AvgIpc) is 3.07. The Bertz CT molecular complexity index is 1800. The first-order chi connectivity index (χ1) is 22.3. The second-order valence-corrected chi connectivity index (χ2v) is 12.6. The van der Waals surface area contributed by atoms with Gasteiger partial charge in [0.2, 0.25) is 5.75 Å². The Balaban J connectivity index is 1.53. The Morgan fingerprint density at radius 2 is 1.30 bits per heavy atom. The maximum absolute atomic E-state index is 11.2. The van der Waals surface area contributed by atoms with Crippen molar-refractivity contribution in [2.24, 2.45) is 0 Å². The third-order valence-corrected chi connectivity index (χ3v) is 10.1. The lowest BCUT2D eigenvalue weighted by Crippen LogP contribution is -2.34. The highest BCUT2D eigenvalue weighted by molar-refractivity contribution is 5.77. The maximum atomic E-state index is 11.2. The number of ether oxygens (including phenoxy) is 5. The number of benzene rings is 4. The van der Waals surface area contributed by atoms with Crippen molar-refractivity contribution in [2.45, 2.75) is 37.8 Å². The van der Waals surface area contributed by atoms with E-state index in [-0.39, 0.29) is 17.8 Å². The summed E-state index contributed by atoms with van der Waals surface area (Å²) in [6.07, 6.45) is 3.23. The molecule has 8 nitrogen and oxygen atoms in total. The number of methoxy groups -OCH3 is 4. The van der Waals surface area contributed by atoms with E-state index in [1.54, 1.807) is 28.4 Å². The molecule has 46 heavy (non-hydrogen) atoms. The standard InChI is InChI=1S/C38H42N2O6/c1-39-13-11-24-19-33(43-4)34-21-26(24)29(39)17-22-7-9-31(41)27(15-22)28-16-23(8-10-32(28)42-3)18-30-36-25(12-14-40(30)2)20-35(44-5)37(45-6)38(36)46-34/h7-10,15-16,19-21,29-30,41H,11-14,17-18H2,1-6H3/t29-,30+/m1/s1. The first-order valence-electron chi connectivity index (χ1n) is 15.9. The first kappa shape index (κ1) is 30.3. The molecule has 6 bridgehead atoms. The molecule has 0 radical (unpaired) electrons. The Kier molecular flexibility index (Phi) is 7.95. The van der Waals surface area contributed by atoms with Crippen molar-refractivity contribution in [2.75, 3.05) is 55.6 Å². The molecule has 4 aromatic carbocycles. The van der Waals surface area contributed by atoms with Crippen LogP contribution in [0.25, 0.3) is 11.1 Å². The molecule has 0 saturated carbocycles. The summed E-state index contributed by atoms with van der Waals surface area (Å²) in [6, 6.07) is 18.7. The van der Waals surface area contributed by atoms with Crippen LogP contribution in [0.15, 0.2) is 54.6 Å². The summed E-state index contributed by atoms with van der Waals surface area (Å²) in [6.45, 7) is 1.81. The van der Waals surface area contributed by atoms with Crippen LogP contribution in [-0.2, 0) is 25.7 Å². The van der Waals surface area contributed by atoms with Gasteiger partial charge < -0.3 is 28.8 Å². The summed E-state index contributed by atoms with van der Waals surface area (Å²) in [5, 5.41) is 11.2. The molecule has 4 aromatic rings. The van der Waals surface area contributed by atoms with Crippen LogP contribution in [0.3, 0.4) is 0 Å². The van der Waals surface area contributed by atoms with Gasteiger partial charge in [0.15, 0.2) is 23.0 Å². The lowest BCUT2D eigenvalue weighted by molar-refractivity contribution is 0.220. The van der Waals surface area contributed by atoms with Gasteiger partial charge in [-0.2, -0.15) is 0 Å². The molecule has 7 rings (SSSR count). The molecule has 0 saturated heterocycles. The number of hydrogen-bond acceptors (Lipinski definition) is 8. The van der Waals surface area contributed by atoms with Gasteiger partial charge in [-0.05, 0) is 110 Å². The smallest absolute Gasteiger partial charge is 0.204 e. The average molecular weight is 623 g/mol. The van der Waals surface area contributed by atoms with E-state index in [9.17, 15) is 5.11 Å². The van der Waals surface area contributed by atoms with Crippen molar-refractivity contribution in [1.82, 2.24) is 9.80 Å². The van der Waals surface area contributed by atoms with E-state index in [4.69, 9.17) is 23.7 Å². The minimum atomic E-state index is -0.0184. The summed E-state index contributed by atoms with van der Waals surface area (Å²) >= 11 is 0. The fraction of sp³-hybridized carbons (Fsp3) is 0.368. The number of hydrogen-bond donors (Lipinski definition) is 1. The zero-order valence-electron chi connectivity index (χ0n) is 27.5. The van der Waals surface area contributed by atoms with E-state index >= 15 is 0 Å². The van der Waals surface area contributed by atoms with E-state index in [0.29, 0.717) is 35.2 Å². The van der Waals surface area contributed by atoms with Crippen LogP contribution >= 0.6 is 0 Å². The molecule has 0 aliphatic carbocycles. The number of rotatable bonds is 4. The second kappa shape index (κ2) is 12.1. The second-order valence-electron chi connectivity index (χ2n) is 12.6. The fourth-order valence-corrected chi connectivity index (χ4v) is 7.55. The summed E-state index contributed by atoms with van der Waals surface area (Å²) in [5.74, 6) is 4.15. The summed E-state index contributed by atoms with van der Waals surface area (Å²) < 4.78 is 30.7. The molecule has 0 amide bonds. The van der Waals surface area contributed by atoms with Crippen LogP contribution in [0.1, 0.15) is 45.5 Å². The van der Waals surface area contributed by atoms with Gasteiger partial charge in [0.25, 0.3) is 0 Å². The molecule has 240 valence electrons. The highest BCUT2D eigenvalue weighted by Crippen LogP contribution is 2.52. The van der Waals surface area contributed by atoms with Crippen LogP contribution in [0.4, 0.5) is 0 Å². The molecule has 3 heterocycles. The minimum absolute atomic E-state index is 0.0184. The number of aromatic hydroxyl groups is 1. The quantitative estimate of drug-likeness (QED) is 0.268. The van der Waals surface area contributed by atoms with Crippen molar-refractivity contribution < 1.29 is 28.8 Å². The Hall–Kier alpha value is -4.40. The molecule has 0 aromatic heterocycles. The van der Waals surface area contributed by atoms with E-state index in [2.05, 4.69) is 60.3 Å². The zero-order valence-corrected chi connectivity index (χ0v) is 27.5. The van der Waals surface area contributed by atoms with E-state index < -0.39 is 0 Å². The van der Waals surface area contributed by atoms with Gasteiger partial charge in [0.05, 0.1) is 28.4 Å². The molecule has 3 aliphatic heterocycles. The number of phenolic OH excluding ortho intramolecular Hbond substituents is 1.